The Labute approximate surface area is 96.6 Å². The van der Waals surface area contributed by atoms with Gasteiger partial charge in [-0.3, -0.25) is 0 Å². The SMILES string of the molecule is COc1cccc(OCC#N)c1C(C)(C)C. The van der Waals surface area contributed by atoms with Gasteiger partial charge in [0.05, 0.1) is 7.11 Å². The van der Waals surface area contributed by atoms with Crippen LogP contribution in [0.1, 0.15) is 26.3 Å². The highest BCUT2D eigenvalue weighted by atomic mass is 16.5. The minimum Gasteiger partial charge on any atom is -0.496 e. The van der Waals surface area contributed by atoms with Crippen LogP contribution in [0.3, 0.4) is 0 Å². The summed E-state index contributed by atoms with van der Waals surface area (Å²) in [5.41, 5.74) is 0.907. The van der Waals surface area contributed by atoms with Gasteiger partial charge >= 0.3 is 0 Å². The largest absolute Gasteiger partial charge is 0.496 e. The second-order valence-corrected chi connectivity index (χ2v) is 4.53. The van der Waals surface area contributed by atoms with Gasteiger partial charge in [0.25, 0.3) is 0 Å². The predicted molar refractivity (Wildman–Crippen MR) is 62.8 cm³/mol. The number of hydrogen-bond donors (Lipinski definition) is 0. The van der Waals surface area contributed by atoms with Gasteiger partial charge in [-0.15, -0.1) is 0 Å². The molecule has 0 atom stereocenters. The number of nitrogens with zero attached hydrogens (tertiary/aromatic N) is 1. The zero-order valence-corrected chi connectivity index (χ0v) is 10.2. The van der Waals surface area contributed by atoms with Crippen LogP contribution in [0, 0.1) is 11.3 Å². The monoisotopic (exact) mass is 219 g/mol. The third-order valence-corrected chi connectivity index (χ3v) is 2.25. The van der Waals surface area contributed by atoms with Crippen LogP contribution >= 0.6 is 0 Å². The molecule has 0 unspecified atom stereocenters. The first kappa shape index (κ1) is 12.4. The third-order valence-electron chi connectivity index (χ3n) is 2.25. The molecule has 0 spiro atoms. The van der Waals surface area contributed by atoms with E-state index in [-0.39, 0.29) is 12.0 Å². The lowest BCUT2D eigenvalue weighted by Gasteiger charge is -2.24. The topological polar surface area (TPSA) is 42.2 Å². The Morgan fingerprint density at radius 3 is 2.38 bits per heavy atom. The van der Waals surface area contributed by atoms with E-state index in [0.29, 0.717) is 5.75 Å². The van der Waals surface area contributed by atoms with Crippen LogP contribution in [0.25, 0.3) is 0 Å². The van der Waals surface area contributed by atoms with Crippen LogP contribution < -0.4 is 9.47 Å². The van der Waals surface area contributed by atoms with E-state index in [0.717, 1.165) is 11.3 Å². The van der Waals surface area contributed by atoms with E-state index in [1.54, 1.807) is 7.11 Å². The van der Waals surface area contributed by atoms with Gasteiger partial charge in [0.2, 0.25) is 0 Å². The van der Waals surface area contributed by atoms with Crippen LogP contribution in [-0.4, -0.2) is 13.7 Å². The second kappa shape index (κ2) is 4.89. The van der Waals surface area contributed by atoms with Crippen molar-refractivity contribution in [1.29, 1.82) is 5.26 Å². The fraction of sp³-hybridized carbons (Fsp3) is 0.462. The van der Waals surface area contributed by atoms with Gasteiger partial charge in [-0.05, 0) is 17.5 Å². The van der Waals surface area contributed by atoms with E-state index in [1.165, 1.54) is 0 Å². The molecule has 0 radical (unpaired) electrons. The molecule has 0 aliphatic heterocycles. The van der Waals surface area contributed by atoms with Crippen LogP contribution in [0.2, 0.25) is 0 Å². The van der Waals surface area contributed by atoms with Gasteiger partial charge in [-0.25, -0.2) is 0 Å². The molecule has 0 aliphatic rings. The molecule has 1 aromatic carbocycles. The van der Waals surface area contributed by atoms with Gasteiger partial charge in [-0.2, -0.15) is 5.26 Å². The second-order valence-electron chi connectivity index (χ2n) is 4.53. The number of nitriles is 1. The van der Waals surface area contributed by atoms with Gasteiger partial charge in [-0.1, -0.05) is 26.8 Å². The summed E-state index contributed by atoms with van der Waals surface area (Å²) in [7, 11) is 1.64. The minimum absolute atomic E-state index is 0.0518. The lowest BCUT2D eigenvalue weighted by Crippen LogP contribution is -2.15. The molecule has 0 fully saturated rings. The average Bonchev–Trinajstić information content (AvgIpc) is 2.24. The van der Waals surface area contributed by atoms with Gasteiger partial charge in [0.15, 0.2) is 6.61 Å². The molecule has 0 aliphatic carbocycles. The molecule has 0 heterocycles. The van der Waals surface area contributed by atoms with Crippen molar-refractivity contribution in [1.82, 2.24) is 0 Å². The van der Waals surface area contributed by atoms with Crippen molar-refractivity contribution in [3.8, 4) is 17.6 Å². The van der Waals surface area contributed by atoms with E-state index in [9.17, 15) is 0 Å². The molecule has 86 valence electrons. The van der Waals surface area contributed by atoms with Crippen molar-refractivity contribution in [2.24, 2.45) is 0 Å². The lowest BCUT2D eigenvalue weighted by molar-refractivity contribution is 0.342. The van der Waals surface area contributed by atoms with E-state index in [1.807, 2.05) is 24.3 Å². The van der Waals surface area contributed by atoms with E-state index in [2.05, 4.69) is 20.8 Å². The maximum absolute atomic E-state index is 8.54. The summed E-state index contributed by atoms with van der Waals surface area (Å²) in [6.45, 7) is 6.31. The molecule has 0 saturated heterocycles. The van der Waals surface area contributed by atoms with E-state index in [4.69, 9.17) is 14.7 Å². The Kier molecular flexibility index (Phi) is 3.78. The molecule has 3 nitrogen and oxygen atoms in total. The summed E-state index contributed by atoms with van der Waals surface area (Å²) in [5.74, 6) is 1.51. The first-order valence-corrected chi connectivity index (χ1v) is 5.18. The Bertz CT molecular complexity index is 399. The molecule has 3 heteroatoms. The lowest BCUT2D eigenvalue weighted by atomic mass is 9.85. The number of methoxy groups -OCH3 is 1. The first-order chi connectivity index (χ1) is 7.50. The van der Waals surface area contributed by atoms with E-state index < -0.39 is 0 Å². The highest BCUT2D eigenvalue weighted by Gasteiger charge is 2.23. The number of rotatable bonds is 3. The summed E-state index contributed by atoms with van der Waals surface area (Å²) >= 11 is 0. The smallest absolute Gasteiger partial charge is 0.174 e. The van der Waals surface area contributed by atoms with Crippen LogP contribution in [0.4, 0.5) is 0 Å². The zero-order chi connectivity index (χ0) is 12.2. The van der Waals surface area contributed by atoms with Gasteiger partial charge in [0, 0.05) is 5.56 Å². The van der Waals surface area contributed by atoms with Crippen molar-refractivity contribution in [2.45, 2.75) is 26.2 Å². The Hall–Kier alpha value is -1.69. The molecule has 1 rings (SSSR count). The van der Waals surface area contributed by atoms with Crippen LogP contribution in [0.5, 0.6) is 11.5 Å². The number of ether oxygens (including phenoxy) is 2. The first-order valence-electron chi connectivity index (χ1n) is 5.18. The predicted octanol–water partition coefficient (Wildman–Crippen LogP) is 2.90. The van der Waals surface area contributed by atoms with Crippen molar-refractivity contribution in [3.05, 3.63) is 23.8 Å². The fourth-order valence-electron chi connectivity index (χ4n) is 1.65. The summed E-state index contributed by atoms with van der Waals surface area (Å²) in [4.78, 5) is 0. The number of benzene rings is 1. The standard InChI is InChI=1S/C13H17NO2/c1-13(2,3)12-10(15-4)6-5-7-11(12)16-9-8-14/h5-7H,9H2,1-4H3. The Morgan fingerprint density at radius 2 is 1.88 bits per heavy atom. The molecule has 16 heavy (non-hydrogen) atoms. The van der Waals surface area contributed by atoms with Crippen molar-refractivity contribution in [2.75, 3.05) is 13.7 Å². The Balaban J connectivity index is 3.22. The average molecular weight is 219 g/mol. The van der Waals surface area contributed by atoms with Crippen LogP contribution in [0.15, 0.2) is 18.2 Å². The molecule has 0 amide bonds. The summed E-state index contributed by atoms with van der Waals surface area (Å²) in [6, 6.07) is 7.60. The summed E-state index contributed by atoms with van der Waals surface area (Å²) < 4.78 is 10.7. The number of hydrogen-bond acceptors (Lipinski definition) is 3. The summed E-state index contributed by atoms with van der Waals surface area (Å²) in [6.07, 6.45) is 0. The van der Waals surface area contributed by atoms with Gasteiger partial charge in [0.1, 0.15) is 17.6 Å². The molecule has 1 aromatic rings. The van der Waals surface area contributed by atoms with E-state index >= 15 is 0 Å². The van der Waals surface area contributed by atoms with Crippen molar-refractivity contribution < 1.29 is 9.47 Å². The molecule has 0 aromatic heterocycles. The fourth-order valence-corrected chi connectivity index (χ4v) is 1.65. The molecular weight excluding hydrogens is 202 g/mol. The molecular formula is C13H17NO2. The summed E-state index contributed by atoms with van der Waals surface area (Å²) in [5, 5.41) is 8.54. The minimum atomic E-state index is -0.0859. The molecule has 0 bridgehead atoms. The highest BCUT2D eigenvalue weighted by molar-refractivity contribution is 5.49. The Morgan fingerprint density at radius 1 is 1.25 bits per heavy atom. The van der Waals surface area contributed by atoms with Crippen molar-refractivity contribution in [3.63, 3.8) is 0 Å². The highest BCUT2D eigenvalue weighted by Crippen LogP contribution is 2.38. The van der Waals surface area contributed by atoms with Gasteiger partial charge < -0.3 is 9.47 Å². The van der Waals surface area contributed by atoms with Crippen LogP contribution in [-0.2, 0) is 5.41 Å². The quantitative estimate of drug-likeness (QED) is 0.785. The molecule has 0 saturated carbocycles. The maximum atomic E-state index is 8.54. The zero-order valence-electron chi connectivity index (χ0n) is 10.2. The van der Waals surface area contributed by atoms with Crippen molar-refractivity contribution >= 4 is 0 Å². The third kappa shape index (κ3) is 2.66. The molecule has 0 N–H and O–H groups in total. The maximum Gasteiger partial charge on any atom is 0.174 e. The normalized spacial score (nSPS) is 10.7.